The Morgan fingerprint density at radius 1 is 1.09 bits per heavy atom. The lowest BCUT2D eigenvalue weighted by Gasteiger charge is -2.53. The summed E-state index contributed by atoms with van der Waals surface area (Å²) in [6.45, 7) is 6.01. The highest BCUT2D eigenvalue weighted by molar-refractivity contribution is 5.98. The normalized spacial score (nSPS) is 19.4. The summed E-state index contributed by atoms with van der Waals surface area (Å²) in [5.74, 6) is 0.683. The maximum absolute atomic E-state index is 13.7. The van der Waals surface area contributed by atoms with Gasteiger partial charge in [-0.1, -0.05) is 23.8 Å². The third-order valence-electron chi connectivity index (χ3n) is 6.97. The number of oxazole rings is 1. The largest absolute Gasteiger partial charge is 0.423 e. The third kappa shape index (κ3) is 3.77. The Hall–Kier alpha value is -4.01. The number of carbonyl (C=O) groups is 1. The van der Waals surface area contributed by atoms with Crippen LogP contribution >= 0.6 is 0 Å². The minimum Gasteiger partial charge on any atom is -0.423 e. The van der Waals surface area contributed by atoms with Gasteiger partial charge >= 0.3 is 0 Å². The molecule has 0 radical (unpaired) electrons. The summed E-state index contributed by atoms with van der Waals surface area (Å²) in [5, 5.41) is 8.44. The highest BCUT2D eigenvalue weighted by atomic mass is 19.1. The Kier molecular flexibility index (Phi) is 5.12. The molecule has 0 unspecified atom stereocenters. The first-order valence-corrected chi connectivity index (χ1v) is 11.7. The molecule has 2 saturated heterocycles. The summed E-state index contributed by atoms with van der Waals surface area (Å²) in [7, 11) is 0. The minimum atomic E-state index is -0.315. The molecule has 0 spiro atoms. The van der Waals surface area contributed by atoms with Crippen LogP contribution in [0.1, 0.15) is 28.0 Å². The van der Waals surface area contributed by atoms with Gasteiger partial charge in [0, 0.05) is 31.1 Å². The summed E-state index contributed by atoms with van der Waals surface area (Å²) in [6.07, 6.45) is 4.15. The summed E-state index contributed by atoms with van der Waals surface area (Å²) >= 11 is 0. The number of hydrogen-bond donors (Lipinski definition) is 0. The van der Waals surface area contributed by atoms with Crippen molar-refractivity contribution in [3.05, 3.63) is 77.5 Å². The predicted molar refractivity (Wildman–Crippen MR) is 128 cm³/mol. The van der Waals surface area contributed by atoms with Gasteiger partial charge in [-0.3, -0.25) is 4.79 Å². The molecule has 0 bridgehead atoms. The van der Waals surface area contributed by atoms with Crippen molar-refractivity contribution in [2.75, 3.05) is 24.5 Å². The molecule has 2 aliphatic heterocycles. The number of rotatable bonds is 4. The average Bonchev–Trinajstić information content (AvgIpc) is 3.50. The predicted octanol–water partition coefficient (Wildman–Crippen LogP) is 4.03. The first-order valence-electron chi connectivity index (χ1n) is 11.7. The number of nitrogens with zero attached hydrogens (tertiary/aromatic N) is 6. The molecule has 2 aliphatic rings. The van der Waals surface area contributed by atoms with E-state index in [4.69, 9.17) is 4.42 Å². The number of carbonyl (C=O) groups excluding carboxylic acids is 1. The molecule has 2 aromatic carbocycles. The van der Waals surface area contributed by atoms with Crippen LogP contribution in [-0.2, 0) is 0 Å². The lowest BCUT2D eigenvalue weighted by atomic mass is 9.81. The Morgan fingerprint density at radius 2 is 1.91 bits per heavy atom. The van der Waals surface area contributed by atoms with Crippen LogP contribution in [0.15, 0.2) is 59.3 Å². The van der Waals surface area contributed by atoms with Crippen LogP contribution in [0.5, 0.6) is 0 Å². The zero-order valence-electron chi connectivity index (χ0n) is 19.6. The number of amides is 1. The van der Waals surface area contributed by atoms with Gasteiger partial charge < -0.3 is 14.2 Å². The van der Waals surface area contributed by atoms with E-state index in [1.54, 1.807) is 18.5 Å². The van der Waals surface area contributed by atoms with Crippen LogP contribution in [-0.4, -0.2) is 56.5 Å². The van der Waals surface area contributed by atoms with Gasteiger partial charge in [0.15, 0.2) is 5.76 Å². The second-order valence-corrected chi connectivity index (χ2v) is 9.28. The van der Waals surface area contributed by atoms with Gasteiger partial charge in [-0.15, -0.1) is 0 Å². The van der Waals surface area contributed by atoms with Crippen molar-refractivity contribution in [1.82, 2.24) is 24.9 Å². The smallest absolute Gasteiger partial charge is 0.298 e. The molecule has 4 aromatic rings. The standard InChI is InChI=1S/C26H25FN6O2/c1-16-6-7-22(33-28-9-10-29-33)21(12-16)25(34)32-14-19-8-11-31(15-23(19)32)26-30-17(2)24(35-26)18-4-3-5-20(27)13-18/h3-7,9-10,12-13,19,23H,8,11,14-15H2,1-2H3/t19-,23-/m1/s1. The van der Waals surface area contributed by atoms with Crippen molar-refractivity contribution >= 4 is 11.9 Å². The van der Waals surface area contributed by atoms with Crippen molar-refractivity contribution in [1.29, 1.82) is 0 Å². The number of halogens is 1. The Labute approximate surface area is 202 Å². The maximum Gasteiger partial charge on any atom is 0.298 e. The van der Waals surface area contributed by atoms with Crippen molar-refractivity contribution in [3.8, 4) is 17.0 Å². The van der Waals surface area contributed by atoms with Crippen LogP contribution in [0.3, 0.4) is 0 Å². The second kappa shape index (κ2) is 8.33. The fourth-order valence-corrected chi connectivity index (χ4v) is 5.11. The molecule has 178 valence electrons. The van der Waals surface area contributed by atoms with Crippen LogP contribution in [0.2, 0.25) is 0 Å². The van der Waals surface area contributed by atoms with Gasteiger partial charge in [-0.05, 0) is 44.5 Å². The fraction of sp³-hybridized carbons (Fsp3) is 0.308. The van der Waals surface area contributed by atoms with Crippen molar-refractivity contribution in [2.45, 2.75) is 26.3 Å². The van der Waals surface area contributed by atoms with E-state index in [1.807, 2.05) is 43.0 Å². The zero-order chi connectivity index (χ0) is 24.1. The molecule has 0 N–H and O–H groups in total. The first kappa shape index (κ1) is 21.5. The van der Waals surface area contributed by atoms with Gasteiger partial charge in [0.25, 0.3) is 11.9 Å². The number of likely N-dealkylation sites (tertiary alicyclic amines) is 1. The molecule has 1 amide bonds. The summed E-state index contributed by atoms with van der Waals surface area (Å²) in [6, 6.07) is 12.7. The number of benzene rings is 2. The molecular formula is C26H25FN6O2. The molecule has 9 heteroatoms. The molecule has 4 heterocycles. The van der Waals surface area contributed by atoms with Gasteiger partial charge in [0.2, 0.25) is 0 Å². The van der Waals surface area contributed by atoms with E-state index in [1.165, 1.54) is 16.9 Å². The number of anilines is 1. The topological polar surface area (TPSA) is 80.3 Å². The Balaban J connectivity index is 1.24. The third-order valence-corrected chi connectivity index (χ3v) is 6.97. The summed E-state index contributed by atoms with van der Waals surface area (Å²) < 4.78 is 19.8. The number of aryl methyl sites for hydroxylation is 2. The lowest BCUT2D eigenvalue weighted by molar-refractivity contribution is 0.00722. The van der Waals surface area contributed by atoms with E-state index >= 15 is 0 Å². The highest BCUT2D eigenvalue weighted by Gasteiger charge is 2.46. The average molecular weight is 473 g/mol. The quantitative estimate of drug-likeness (QED) is 0.446. The van der Waals surface area contributed by atoms with E-state index in [2.05, 4.69) is 20.1 Å². The number of aromatic nitrogens is 4. The van der Waals surface area contributed by atoms with Crippen molar-refractivity contribution in [2.24, 2.45) is 5.92 Å². The Morgan fingerprint density at radius 3 is 2.71 bits per heavy atom. The van der Waals surface area contributed by atoms with Gasteiger partial charge in [-0.25, -0.2) is 4.39 Å². The van der Waals surface area contributed by atoms with E-state index in [0.717, 1.165) is 25.1 Å². The monoisotopic (exact) mass is 472 g/mol. The van der Waals surface area contributed by atoms with Crippen LogP contribution in [0.4, 0.5) is 10.4 Å². The Bertz CT molecular complexity index is 1400. The summed E-state index contributed by atoms with van der Waals surface area (Å²) in [4.78, 5) is 23.8. The van der Waals surface area contributed by atoms with E-state index in [0.29, 0.717) is 46.7 Å². The van der Waals surface area contributed by atoms with E-state index < -0.39 is 0 Å². The fourth-order valence-electron chi connectivity index (χ4n) is 5.11. The molecule has 2 fully saturated rings. The van der Waals surface area contributed by atoms with Gasteiger partial charge in [0.1, 0.15) is 5.82 Å². The van der Waals surface area contributed by atoms with Gasteiger partial charge in [-0.2, -0.15) is 20.0 Å². The minimum absolute atomic E-state index is 0.0202. The molecule has 6 rings (SSSR count). The molecule has 0 saturated carbocycles. The zero-order valence-corrected chi connectivity index (χ0v) is 19.6. The maximum atomic E-state index is 13.7. The molecule has 2 aromatic heterocycles. The number of hydrogen-bond acceptors (Lipinski definition) is 6. The molecule has 35 heavy (non-hydrogen) atoms. The van der Waals surface area contributed by atoms with Gasteiger partial charge in [0.05, 0.1) is 35.4 Å². The summed E-state index contributed by atoms with van der Waals surface area (Å²) in [5.41, 5.74) is 3.65. The van der Waals surface area contributed by atoms with Crippen LogP contribution in [0, 0.1) is 25.6 Å². The molecular weight excluding hydrogens is 447 g/mol. The molecule has 2 atom stereocenters. The number of piperidine rings is 1. The van der Waals surface area contributed by atoms with Crippen LogP contribution < -0.4 is 4.90 Å². The molecule has 0 aliphatic carbocycles. The SMILES string of the molecule is Cc1ccc(-n2nccn2)c(C(=O)N2C[C@H]3CCN(c4nc(C)c(-c5cccc(F)c5)o4)C[C@H]32)c1. The molecule has 8 nitrogen and oxygen atoms in total. The second-order valence-electron chi connectivity index (χ2n) is 9.28. The van der Waals surface area contributed by atoms with E-state index in [9.17, 15) is 9.18 Å². The number of fused-ring (bicyclic) bond motifs is 1. The van der Waals surface area contributed by atoms with Crippen molar-refractivity contribution < 1.29 is 13.6 Å². The van der Waals surface area contributed by atoms with Crippen molar-refractivity contribution in [3.63, 3.8) is 0 Å². The first-order chi connectivity index (χ1) is 17.0. The van der Waals surface area contributed by atoms with Crippen LogP contribution in [0.25, 0.3) is 17.0 Å². The van der Waals surface area contributed by atoms with E-state index in [-0.39, 0.29) is 17.8 Å². The lowest BCUT2D eigenvalue weighted by Crippen LogP contribution is -2.65. The highest BCUT2D eigenvalue weighted by Crippen LogP contribution is 2.37.